The number of nitrogen functional groups attached to an aromatic ring is 1. The summed E-state index contributed by atoms with van der Waals surface area (Å²) in [4.78, 5) is 8.92. The lowest BCUT2D eigenvalue weighted by Crippen LogP contribution is -2.20. The van der Waals surface area contributed by atoms with E-state index in [0.717, 1.165) is 23.8 Å². The molecular formula is C13H22N4S. The van der Waals surface area contributed by atoms with E-state index in [0.29, 0.717) is 16.5 Å². The number of nitrogens with one attached hydrogen (secondary N) is 1. The smallest absolute Gasteiger partial charge is 0.135 e. The van der Waals surface area contributed by atoms with Crippen molar-refractivity contribution in [3.05, 3.63) is 11.4 Å². The fourth-order valence-corrected chi connectivity index (χ4v) is 2.55. The van der Waals surface area contributed by atoms with Crippen molar-refractivity contribution in [2.24, 2.45) is 0 Å². The molecule has 0 atom stereocenters. The maximum atomic E-state index is 5.95. The Morgan fingerprint density at radius 1 is 1.39 bits per heavy atom. The van der Waals surface area contributed by atoms with Crippen LogP contribution in [0.15, 0.2) is 0 Å². The predicted octanol–water partition coefficient (Wildman–Crippen LogP) is 2.80. The summed E-state index contributed by atoms with van der Waals surface area (Å²) in [6.07, 6.45) is 4.76. The highest BCUT2D eigenvalue weighted by atomic mass is 32.2. The molecule has 1 aliphatic carbocycles. The van der Waals surface area contributed by atoms with Crippen LogP contribution in [-0.2, 0) is 0 Å². The van der Waals surface area contributed by atoms with Gasteiger partial charge in [0.2, 0.25) is 0 Å². The van der Waals surface area contributed by atoms with Gasteiger partial charge in [-0.15, -0.1) is 0 Å². The number of aromatic nitrogens is 2. The van der Waals surface area contributed by atoms with E-state index in [1.165, 1.54) is 12.8 Å². The number of hydrogen-bond acceptors (Lipinski definition) is 5. The summed E-state index contributed by atoms with van der Waals surface area (Å²) in [5.41, 5.74) is 6.91. The molecule has 1 fully saturated rings. The summed E-state index contributed by atoms with van der Waals surface area (Å²) in [6.45, 7) is 7.10. The third-order valence-corrected chi connectivity index (χ3v) is 4.95. The molecule has 5 heteroatoms. The molecular weight excluding hydrogens is 244 g/mol. The van der Waals surface area contributed by atoms with E-state index in [2.05, 4.69) is 35.4 Å². The Labute approximate surface area is 113 Å². The summed E-state index contributed by atoms with van der Waals surface area (Å²) < 4.78 is 0.421. The first kappa shape index (κ1) is 13.5. The van der Waals surface area contributed by atoms with E-state index in [-0.39, 0.29) is 0 Å². The summed E-state index contributed by atoms with van der Waals surface area (Å²) in [6, 6.07) is 0. The molecule has 0 unspecified atom stereocenters. The van der Waals surface area contributed by atoms with Crippen molar-refractivity contribution in [3.63, 3.8) is 0 Å². The zero-order valence-electron chi connectivity index (χ0n) is 11.6. The van der Waals surface area contributed by atoms with Crippen molar-refractivity contribution in [1.29, 1.82) is 0 Å². The number of nitrogens with two attached hydrogens (primary N) is 1. The second kappa shape index (κ2) is 4.96. The molecule has 0 aromatic carbocycles. The van der Waals surface area contributed by atoms with Gasteiger partial charge in [0.05, 0.1) is 0 Å². The fraction of sp³-hybridized carbons (Fsp3) is 0.692. The largest absolute Gasteiger partial charge is 0.383 e. The normalized spacial score (nSPS) is 16.9. The second-order valence-electron chi connectivity index (χ2n) is 5.34. The van der Waals surface area contributed by atoms with Gasteiger partial charge in [-0.25, -0.2) is 9.97 Å². The average Bonchev–Trinajstić information content (AvgIpc) is 3.11. The maximum absolute atomic E-state index is 5.95. The number of hydrogen-bond donors (Lipinski definition) is 2. The summed E-state index contributed by atoms with van der Waals surface area (Å²) in [5.74, 6) is 2.59. The maximum Gasteiger partial charge on any atom is 0.135 e. The highest BCUT2D eigenvalue weighted by molar-refractivity contribution is 8.00. The Bertz CT molecular complexity index is 441. The molecule has 18 heavy (non-hydrogen) atoms. The minimum Gasteiger partial charge on any atom is -0.383 e. The molecule has 0 spiro atoms. The number of nitrogens with zero attached hydrogens (tertiary/aromatic N) is 2. The third-order valence-electron chi connectivity index (χ3n) is 3.54. The molecule has 0 bridgehead atoms. The number of thioether (sulfide) groups is 1. The standard InChI is InChI=1S/C13H22N4S/c1-8(2)11-16-10(14)9(3)12(17-11)15-7-13(18-4)5-6-13/h8H,5-7H2,1-4H3,(H3,14,15,16,17). The van der Waals surface area contributed by atoms with Crippen LogP contribution in [0, 0.1) is 6.92 Å². The minimum atomic E-state index is 0.295. The molecule has 1 aliphatic rings. The van der Waals surface area contributed by atoms with E-state index in [1.54, 1.807) is 0 Å². The molecule has 2 rings (SSSR count). The highest BCUT2D eigenvalue weighted by Crippen LogP contribution is 2.47. The topological polar surface area (TPSA) is 63.8 Å². The molecule has 3 N–H and O–H groups in total. The zero-order valence-corrected chi connectivity index (χ0v) is 12.4. The molecule has 1 aromatic rings. The molecule has 0 saturated heterocycles. The predicted molar refractivity (Wildman–Crippen MR) is 79.2 cm³/mol. The molecule has 4 nitrogen and oxygen atoms in total. The van der Waals surface area contributed by atoms with Crippen molar-refractivity contribution < 1.29 is 0 Å². The Hall–Kier alpha value is -0.970. The van der Waals surface area contributed by atoms with E-state index in [1.807, 2.05) is 18.7 Å². The van der Waals surface area contributed by atoms with Crippen LogP contribution in [0.2, 0.25) is 0 Å². The first-order valence-corrected chi connectivity index (χ1v) is 7.63. The van der Waals surface area contributed by atoms with Crippen molar-refractivity contribution in [2.45, 2.75) is 44.3 Å². The van der Waals surface area contributed by atoms with Crippen LogP contribution in [0.25, 0.3) is 0 Å². The lowest BCUT2D eigenvalue weighted by Gasteiger charge is -2.17. The van der Waals surface area contributed by atoms with Gasteiger partial charge in [0.15, 0.2) is 0 Å². The van der Waals surface area contributed by atoms with Crippen LogP contribution < -0.4 is 11.1 Å². The second-order valence-corrected chi connectivity index (χ2v) is 6.61. The third kappa shape index (κ3) is 2.71. The van der Waals surface area contributed by atoms with Gasteiger partial charge in [0, 0.05) is 22.8 Å². The van der Waals surface area contributed by atoms with Crippen LogP contribution >= 0.6 is 11.8 Å². The first-order chi connectivity index (χ1) is 8.47. The highest BCUT2D eigenvalue weighted by Gasteiger charge is 2.41. The molecule has 1 heterocycles. The van der Waals surface area contributed by atoms with Crippen molar-refractivity contribution >= 4 is 23.4 Å². The van der Waals surface area contributed by atoms with Crippen molar-refractivity contribution in [2.75, 3.05) is 23.9 Å². The fourth-order valence-electron chi connectivity index (χ4n) is 1.82. The van der Waals surface area contributed by atoms with Gasteiger partial charge >= 0.3 is 0 Å². The summed E-state index contributed by atoms with van der Waals surface area (Å²) in [5, 5.41) is 3.45. The van der Waals surface area contributed by atoms with Gasteiger partial charge in [-0.3, -0.25) is 0 Å². The van der Waals surface area contributed by atoms with Crippen LogP contribution in [0.4, 0.5) is 11.6 Å². The quantitative estimate of drug-likeness (QED) is 0.858. The van der Waals surface area contributed by atoms with Crippen LogP contribution in [0.3, 0.4) is 0 Å². The Kier molecular flexibility index (Phi) is 3.71. The number of anilines is 2. The van der Waals surface area contributed by atoms with Gasteiger partial charge in [0.1, 0.15) is 17.5 Å². The summed E-state index contributed by atoms with van der Waals surface area (Å²) in [7, 11) is 0. The Morgan fingerprint density at radius 3 is 2.56 bits per heavy atom. The molecule has 1 aromatic heterocycles. The van der Waals surface area contributed by atoms with Crippen molar-refractivity contribution in [1.82, 2.24) is 9.97 Å². The molecule has 1 saturated carbocycles. The van der Waals surface area contributed by atoms with E-state index >= 15 is 0 Å². The molecule has 100 valence electrons. The van der Waals surface area contributed by atoms with Crippen LogP contribution in [-0.4, -0.2) is 27.5 Å². The Balaban J connectivity index is 2.16. The van der Waals surface area contributed by atoms with Crippen LogP contribution in [0.1, 0.15) is 44.0 Å². The van der Waals surface area contributed by atoms with Gasteiger partial charge < -0.3 is 11.1 Å². The lowest BCUT2D eigenvalue weighted by atomic mass is 10.2. The zero-order chi connectivity index (χ0) is 13.3. The Morgan fingerprint density at radius 2 is 2.06 bits per heavy atom. The van der Waals surface area contributed by atoms with Gasteiger partial charge in [0.25, 0.3) is 0 Å². The SMILES string of the molecule is CSC1(CNc2nc(C(C)C)nc(N)c2C)CC1. The van der Waals surface area contributed by atoms with Crippen LogP contribution in [0.5, 0.6) is 0 Å². The van der Waals surface area contributed by atoms with Crippen molar-refractivity contribution in [3.8, 4) is 0 Å². The van der Waals surface area contributed by atoms with E-state index in [9.17, 15) is 0 Å². The number of rotatable bonds is 5. The minimum absolute atomic E-state index is 0.295. The lowest BCUT2D eigenvalue weighted by molar-refractivity contribution is 0.773. The van der Waals surface area contributed by atoms with Gasteiger partial charge in [-0.2, -0.15) is 11.8 Å². The molecule has 0 amide bonds. The van der Waals surface area contributed by atoms with E-state index < -0.39 is 0 Å². The van der Waals surface area contributed by atoms with Gasteiger partial charge in [-0.05, 0) is 26.0 Å². The monoisotopic (exact) mass is 266 g/mol. The first-order valence-electron chi connectivity index (χ1n) is 6.40. The van der Waals surface area contributed by atoms with Gasteiger partial charge in [-0.1, -0.05) is 13.8 Å². The summed E-state index contributed by atoms with van der Waals surface area (Å²) >= 11 is 1.94. The molecule has 0 aliphatic heterocycles. The average molecular weight is 266 g/mol. The van der Waals surface area contributed by atoms with E-state index in [4.69, 9.17) is 5.73 Å². The molecule has 0 radical (unpaired) electrons.